The molecule has 4 nitrogen and oxygen atoms in total. The van der Waals surface area contributed by atoms with E-state index >= 15 is 0 Å². The molecule has 1 N–H and O–H groups in total. The van der Waals surface area contributed by atoms with E-state index in [0.29, 0.717) is 5.69 Å². The fraction of sp³-hybridized carbons (Fsp3) is 0.118. The number of aromatic nitrogens is 1. The normalized spacial score (nSPS) is 10.7. The Hall–Kier alpha value is -2.75. The van der Waals surface area contributed by atoms with Crippen LogP contribution in [-0.2, 0) is 9.59 Å². The van der Waals surface area contributed by atoms with E-state index in [2.05, 4.69) is 10.3 Å². The van der Waals surface area contributed by atoms with E-state index in [9.17, 15) is 9.59 Å². The highest BCUT2D eigenvalue weighted by Crippen LogP contribution is 2.30. The van der Waals surface area contributed by atoms with Crippen molar-refractivity contribution in [2.24, 2.45) is 0 Å². The molecule has 0 aliphatic carbocycles. The van der Waals surface area contributed by atoms with Gasteiger partial charge < -0.3 is 5.32 Å². The van der Waals surface area contributed by atoms with Crippen molar-refractivity contribution in [3.05, 3.63) is 48.7 Å². The third-order valence-electron chi connectivity index (χ3n) is 3.29. The Morgan fingerprint density at radius 2 is 1.86 bits per heavy atom. The molecular formula is C17H14N2O2. The van der Waals surface area contributed by atoms with Crippen LogP contribution in [-0.4, -0.2) is 16.7 Å². The minimum atomic E-state index is -0.295. The summed E-state index contributed by atoms with van der Waals surface area (Å²) in [6.45, 7) is 1.40. The summed E-state index contributed by atoms with van der Waals surface area (Å²) < 4.78 is 0. The second-order valence-electron chi connectivity index (χ2n) is 4.97. The maximum atomic E-state index is 11.9. The van der Waals surface area contributed by atoms with Crippen LogP contribution in [0.25, 0.3) is 21.7 Å². The van der Waals surface area contributed by atoms with Gasteiger partial charge in [-0.3, -0.25) is 14.6 Å². The Morgan fingerprint density at radius 3 is 2.62 bits per heavy atom. The van der Waals surface area contributed by atoms with Gasteiger partial charge in [-0.15, -0.1) is 0 Å². The lowest BCUT2D eigenvalue weighted by Gasteiger charge is -2.10. The molecule has 0 saturated heterocycles. The van der Waals surface area contributed by atoms with Gasteiger partial charge in [0, 0.05) is 28.0 Å². The van der Waals surface area contributed by atoms with Crippen LogP contribution < -0.4 is 5.32 Å². The molecule has 104 valence electrons. The highest BCUT2D eigenvalue weighted by molar-refractivity contribution is 6.15. The van der Waals surface area contributed by atoms with E-state index in [-0.39, 0.29) is 18.1 Å². The topological polar surface area (TPSA) is 59.1 Å². The molecule has 0 aliphatic rings. The lowest BCUT2D eigenvalue weighted by Crippen LogP contribution is -2.15. The molecule has 1 amide bonds. The SMILES string of the molecule is CC(=O)CC(=O)Nc1cc2cccnc2c2ccccc12. The molecule has 0 bridgehead atoms. The highest BCUT2D eigenvalue weighted by Gasteiger charge is 2.10. The first kappa shape index (κ1) is 13.2. The number of amides is 1. The smallest absolute Gasteiger partial charge is 0.231 e. The van der Waals surface area contributed by atoms with Crippen molar-refractivity contribution < 1.29 is 9.59 Å². The molecule has 3 aromatic rings. The fourth-order valence-corrected chi connectivity index (χ4v) is 2.44. The van der Waals surface area contributed by atoms with Crippen LogP contribution >= 0.6 is 0 Å². The van der Waals surface area contributed by atoms with Gasteiger partial charge in [-0.2, -0.15) is 0 Å². The summed E-state index contributed by atoms with van der Waals surface area (Å²) in [5, 5.41) is 5.67. The second kappa shape index (κ2) is 5.32. The Labute approximate surface area is 121 Å². The zero-order valence-corrected chi connectivity index (χ0v) is 11.6. The van der Waals surface area contributed by atoms with Gasteiger partial charge in [-0.25, -0.2) is 0 Å². The molecule has 3 rings (SSSR count). The predicted octanol–water partition coefficient (Wildman–Crippen LogP) is 3.31. The summed E-state index contributed by atoms with van der Waals surface area (Å²) in [6.07, 6.45) is 1.64. The van der Waals surface area contributed by atoms with E-state index in [1.807, 2.05) is 42.5 Å². The van der Waals surface area contributed by atoms with Crippen molar-refractivity contribution in [1.29, 1.82) is 0 Å². The number of carbonyl (C=O) groups is 2. The minimum absolute atomic E-state index is 0.112. The summed E-state index contributed by atoms with van der Waals surface area (Å²) in [7, 11) is 0. The van der Waals surface area contributed by atoms with Gasteiger partial charge in [0.15, 0.2) is 0 Å². The van der Waals surface area contributed by atoms with Crippen LogP contribution in [0.15, 0.2) is 48.7 Å². The fourth-order valence-electron chi connectivity index (χ4n) is 2.44. The summed E-state index contributed by atoms with van der Waals surface area (Å²) in [5.41, 5.74) is 1.61. The quantitative estimate of drug-likeness (QED) is 0.590. The van der Waals surface area contributed by atoms with Crippen LogP contribution in [0.1, 0.15) is 13.3 Å². The first-order valence-corrected chi connectivity index (χ1v) is 6.71. The van der Waals surface area contributed by atoms with Crippen LogP contribution in [0.5, 0.6) is 0 Å². The first-order valence-electron chi connectivity index (χ1n) is 6.71. The van der Waals surface area contributed by atoms with Gasteiger partial charge in [-0.1, -0.05) is 30.3 Å². The number of ketones is 1. The van der Waals surface area contributed by atoms with Crippen LogP contribution in [0.2, 0.25) is 0 Å². The van der Waals surface area contributed by atoms with Crippen molar-refractivity contribution >= 4 is 39.1 Å². The van der Waals surface area contributed by atoms with Crippen LogP contribution in [0.4, 0.5) is 5.69 Å². The minimum Gasteiger partial charge on any atom is -0.325 e. The van der Waals surface area contributed by atoms with Gasteiger partial charge in [0.05, 0.1) is 11.9 Å². The summed E-state index contributed by atoms with van der Waals surface area (Å²) in [5.74, 6) is -0.449. The number of benzene rings is 2. The first-order chi connectivity index (χ1) is 10.1. The van der Waals surface area contributed by atoms with Crippen molar-refractivity contribution in [2.75, 3.05) is 5.32 Å². The lowest BCUT2D eigenvalue weighted by molar-refractivity contribution is -0.124. The number of nitrogens with one attached hydrogen (secondary N) is 1. The van der Waals surface area contributed by atoms with Crippen molar-refractivity contribution in [1.82, 2.24) is 4.98 Å². The number of Topliss-reactive ketones (excluding diaryl/α,β-unsaturated/α-hetero) is 1. The monoisotopic (exact) mass is 278 g/mol. The predicted molar refractivity (Wildman–Crippen MR) is 83.2 cm³/mol. The number of pyridine rings is 1. The Balaban J connectivity index is 2.16. The third kappa shape index (κ3) is 2.60. The largest absolute Gasteiger partial charge is 0.325 e. The number of fused-ring (bicyclic) bond motifs is 3. The molecule has 0 aliphatic heterocycles. The molecule has 0 fully saturated rings. The van der Waals surface area contributed by atoms with Gasteiger partial charge in [0.25, 0.3) is 0 Å². The van der Waals surface area contributed by atoms with Crippen molar-refractivity contribution in [3.63, 3.8) is 0 Å². The molecular weight excluding hydrogens is 264 g/mol. The number of nitrogens with zero attached hydrogens (tertiary/aromatic N) is 1. The second-order valence-corrected chi connectivity index (χ2v) is 4.97. The van der Waals surface area contributed by atoms with Gasteiger partial charge >= 0.3 is 0 Å². The van der Waals surface area contributed by atoms with Crippen molar-refractivity contribution in [2.45, 2.75) is 13.3 Å². The van der Waals surface area contributed by atoms with Gasteiger partial charge in [-0.05, 0) is 19.1 Å². The molecule has 2 aromatic carbocycles. The lowest BCUT2D eigenvalue weighted by atomic mass is 10.0. The number of hydrogen-bond acceptors (Lipinski definition) is 3. The maximum absolute atomic E-state index is 11.9. The highest BCUT2D eigenvalue weighted by atomic mass is 16.2. The molecule has 0 spiro atoms. The van der Waals surface area contributed by atoms with E-state index < -0.39 is 0 Å². The number of anilines is 1. The van der Waals surface area contributed by atoms with E-state index in [1.165, 1.54) is 6.92 Å². The summed E-state index contributed by atoms with van der Waals surface area (Å²) in [4.78, 5) is 27.3. The molecule has 4 heteroatoms. The number of hydrogen-bond donors (Lipinski definition) is 1. The van der Waals surface area contributed by atoms with E-state index in [0.717, 1.165) is 21.7 Å². The average Bonchev–Trinajstić information content (AvgIpc) is 2.46. The Morgan fingerprint density at radius 1 is 1.10 bits per heavy atom. The maximum Gasteiger partial charge on any atom is 0.231 e. The molecule has 0 unspecified atom stereocenters. The number of carbonyl (C=O) groups excluding carboxylic acids is 2. The van der Waals surface area contributed by atoms with Gasteiger partial charge in [0.2, 0.25) is 5.91 Å². The average molecular weight is 278 g/mol. The molecule has 21 heavy (non-hydrogen) atoms. The number of rotatable bonds is 3. The Bertz CT molecular complexity index is 856. The van der Waals surface area contributed by atoms with Crippen LogP contribution in [0.3, 0.4) is 0 Å². The van der Waals surface area contributed by atoms with Crippen LogP contribution in [0, 0.1) is 0 Å². The molecule has 0 saturated carbocycles. The standard InChI is InChI=1S/C17H14N2O2/c1-11(20)9-16(21)19-15-10-12-5-4-8-18-17(12)14-7-3-2-6-13(14)15/h2-8,10H,9H2,1H3,(H,19,21). The molecule has 1 aromatic heterocycles. The Kier molecular flexibility index (Phi) is 3.36. The van der Waals surface area contributed by atoms with Crippen molar-refractivity contribution in [3.8, 4) is 0 Å². The van der Waals surface area contributed by atoms with E-state index in [1.54, 1.807) is 6.20 Å². The summed E-state index contributed by atoms with van der Waals surface area (Å²) >= 11 is 0. The molecule has 0 atom stereocenters. The van der Waals surface area contributed by atoms with Gasteiger partial charge in [0.1, 0.15) is 5.78 Å². The zero-order valence-electron chi connectivity index (χ0n) is 11.6. The molecule has 0 radical (unpaired) electrons. The van der Waals surface area contributed by atoms with E-state index in [4.69, 9.17) is 0 Å². The zero-order chi connectivity index (χ0) is 14.8. The third-order valence-corrected chi connectivity index (χ3v) is 3.29. The summed E-state index contributed by atoms with van der Waals surface area (Å²) in [6, 6.07) is 13.5. The molecule has 1 heterocycles.